The van der Waals surface area contributed by atoms with Crippen LogP contribution in [-0.4, -0.2) is 52.9 Å². The molecule has 1 aliphatic rings. The smallest absolute Gasteiger partial charge is 0.299 e. The highest BCUT2D eigenvalue weighted by Crippen LogP contribution is 2.28. The van der Waals surface area contributed by atoms with Crippen LogP contribution in [-0.2, 0) is 30.7 Å². The maximum absolute atomic E-state index is 12.6. The Morgan fingerprint density at radius 1 is 1.08 bits per heavy atom. The van der Waals surface area contributed by atoms with Gasteiger partial charge in [0.05, 0.1) is 4.34 Å². The van der Waals surface area contributed by atoms with Crippen LogP contribution in [0, 0.1) is 0 Å². The fraction of sp³-hybridized carbons (Fsp3) is 0.467. The zero-order valence-electron chi connectivity index (χ0n) is 14.4. The first kappa shape index (κ1) is 19.3. The Morgan fingerprint density at radius 2 is 1.73 bits per heavy atom. The highest BCUT2D eigenvalue weighted by atomic mass is 35.5. The molecule has 0 aromatic carbocycles. The second kappa shape index (κ2) is 7.28. The minimum Gasteiger partial charge on any atom is -0.299 e. The van der Waals surface area contributed by atoms with Gasteiger partial charge in [-0.25, -0.2) is 13.2 Å². The van der Waals surface area contributed by atoms with E-state index in [0.717, 1.165) is 15.9 Å². The van der Waals surface area contributed by atoms with Gasteiger partial charge in [0.2, 0.25) is 0 Å². The molecular formula is C15H19ClN4O4S2. The van der Waals surface area contributed by atoms with Crippen molar-refractivity contribution in [2.45, 2.75) is 10.8 Å². The van der Waals surface area contributed by atoms with Crippen LogP contribution in [0.2, 0.25) is 4.34 Å². The van der Waals surface area contributed by atoms with Gasteiger partial charge in [-0.1, -0.05) is 11.6 Å². The molecule has 1 saturated heterocycles. The van der Waals surface area contributed by atoms with Crippen molar-refractivity contribution in [3.8, 4) is 0 Å². The molecule has 0 aliphatic carbocycles. The lowest BCUT2D eigenvalue weighted by molar-refractivity contribution is 0.178. The van der Waals surface area contributed by atoms with Crippen molar-refractivity contribution in [3.63, 3.8) is 0 Å². The third kappa shape index (κ3) is 3.65. The molecule has 0 atom stereocenters. The Labute approximate surface area is 159 Å². The molecule has 0 amide bonds. The van der Waals surface area contributed by atoms with E-state index in [9.17, 15) is 18.0 Å². The van der Waals surface area contributed by atoms with Gasteiger partial charge in [-0.2, -0.15) is 4.31 Å². The summed E-state index contributed by atoms with van der Waals surface area (Å²) in [6.45, 7) is 2.14. The van der Waals surface area contributed by atoms with Crippen LogP contribution in [0.15, 0.2) is 32.0 Å². The van der Waals surface area contributed by atoms with Gasteiger partial charge in [0.15, 0.2) is 0 Å². The zero-order chi connectivity index (χ0) is 19.1. The molecule has 26 heavy (non-hydrogen) atoms. The van der Waals surface area contributed by atoms with E-state index in [1.807, 2.05) is 4.90 Å². The van der Waals surface area contributed by atoms with Crippen molar-refractivity contribution >= 4 is 33.0 Å². The predicted octanol–water partition coefficient (Wildman–Crippen LogP) is 0.305. The number of halogens is 1. The Morgan fingerprint density at radius 3 is 2.31 bits per heavy atom. The van der Waals surface area contributed by atoms with E-state index in [2.05, 4.69) is 0 Å². The first-order valence-electron chi connectivity index (χ1n) is 7.94. The van der Waals surface area contributed by atoms with Gasteiger partial charge in [-0.15, -0.1) is 11.3 Å². The summed E-state index contributed by atoms with van der Waals surface area (Å²) in [7, 11) is -0.470. The normalized spacial score (nSPS) is 16.9. The largest absolute Gasteiger partial charge is 0.330 e. The molecule has 2 aromatic rings. The van der Waals surface area contributed by atoms with E-state index in [1.54, 1.807) is 13.1 Å². The SMILES string of the molecule is Cn1c(CN2CCN(S(=O)(=O)c3ccc(Cl)s3)CC2)cc(=O)n(C)c1=O. The van der Waals surface area contributed by atoms with Gasteiger partial charge in [-0.3, -0.25) is 18.8 Å². The average molecular weight is 419 g/mol. The summed E-state index contributed by atoms with van der Waals surface area (Å²) >= 11 is 6.89. The minimum atomic E-state index is -3.53. The standard InChI is InChI=1S/C15H19ClN4O4S2/c1-17-11(9-13(21)18(2)15(17)22)10-19-5-7-20(8-6-19)26(23,24)14-4-3-12(16)25-14/h3-4,9H,5-8,10H2,1-2H3. The maximum atomic E-state index is 12.6. The number of nitrogens with zero attached hydrogens (tertiary/aromatic N) is 4. The van der Waals surface area contributed by atoms with Crippen LogP contribution < -0.4 is 11.2 Å². The van der Waals surface area contributed by atoms with Crippen molar-refractivity contribution in [3.05, 3.63) is 49.1 Å². The molecule has 11 heteroatoms. The molecule has 142 valence electrons. The fourth-order valence-corrected chi connectivity index (χ4v) is 5.91. The molecule has 0 N–H and O–H groups in total. The zero-order valence-corrected chi connectivity index (χ0v) is 16.8. The fourth-order valence-electron chi connectivity index (χ4n) is 2.85. The maximum Gasteiger partial charge on any atom is 0.330 e. The molecule has 0 spiro atoms. The van der Waals surface area contributed by atoms with Crippen LogP contribution >= 0.6 is 22.9 Å². The monoisotopic (exact) mass is 418 g/mol. The van der Waals surface area contributed by atoms with E-state index >= 15 is 0 Å². The summed E-state index contributed by atoms with van der Waals surface area (Å²) in [5.41, 5.74) is -0.110. The average Bonchev–Trinajstić information content (AvgIpc) is 3.05. The summed E-state index contributed by atoms with van der Waals surface area (Å²) in [4.78, 5) is 25.9. The predicted molar refractivity (Wildman–Crippen MR) is 100 cm³/mol. The third-order valence-electron chi connectivity index (χ3n) is 4.48. The second-order valence-corrected chi connectivity index (χ2v) is 9.99. The molecule has 0 radical (unpaired) electrons. The highest BCUT2D eigenvalue weighted by Gasteiger charge is 2.29. The first-order chi connectivity index (χ1) is 12.2. The summed E-state index contributed by atoms with van der Waals surface area (Å²) in [5.74, 6) is 0. The lowest BCUT2D eigenvalue weighted by Gasteiger charge is -2.33. The van der Waals surface area contributed by atoms with Crippen LogP contribution in [0.25, 0.3) is 0 Å². The molecular weight excluding hydrogens is 400 g/mol. The van der Waals surface area contributed by atoms with Crippen molar-refractivity contribution in [1.82, 2.24) is 18.3 Å². The van der Waals surface area contributed by atoms with Gasteiger partial charge < -0.3 is 0 Å². The Balaban J connectivity index is 1.70. The Kier molecular flexibility index (Phi) is 5.40. The van der Waals surface area contributed by atoms with E-state index in [0.29, 0.717) is 42.8 Å². The molecule has 3 heterocycles. The second-order valence-electron chi connectivity index (χ2n) is 6.11. The van der Waals surface area contributed by atoms with E-state index in [4.69, 9.17) is 11.6 Å². The molecule has 3 rings (SSSR count). The van der Waals surface area contributed by atoms with Crippen LogP contribution in [0.3, 0.4) is 0 Å². The summed E-state index contributed by atoms with van der Waals surface area (Å²) < 4.78 is 29.8. The first-order valence-corrected chi connectivity index (χ1v) is 10.6. The van der Waals surface area contributed by atoms with Crippen LogP contribution in [0.5, 0.6) is 0 Å². The van der Waals surface area contributed by atoms with E-state index in [-0.39, 0.29) is 15.5 Å². The lowest BCUT2D eigenvalue weighted by Crippen LogP contribution is -2.48. The quantitative estimate of drug-likeness (QED) is 0.713. The van der Waals surface area contributed by atoms with Gasteiger partial charge in [0, 0.05) is 58.6 Å². The number of sulfonamides is 1. The van der Waals surface area contributed by atoms with Crippen molar-refractivity contribution in [1.29, 1.82) is 0 Å². The minimum absolute atomic E-state index is 0.241. The summed E-state index contributed by atoms with van der Waals surface area (Å²) in [5, 5.41) is 0. The number of hydrogen-bond acceptors (Lipinski definition) is 6. The number of rotatable bonds is 4. The molecule has 1 aliphatic heterocycles. The Hall–Kier alpha value is -1.46. The van der Waals surface area contributed by atoms with E-state index < -0.39 is 10.0 Å². The van der Waals surface area contributed by atoms with Gasteiger partial charge in [0.1, 0.15) is 4.21 Å². The van der Waals surface area contributed by atoms with Crippen molar-refractivity contribution < 1.29 is 8.42 Å². The molecule has 8 nitrogen and oxygen atoms in total. The number of hydrogen-bond donors (Lipinski definition) is 0. The van der Waals surface area contributed by atoms with Crippen LogP contribution in [0.1, 0.15) is 5.69 Å². The molecule has 0 saturated carbocycles. The molecule has 0 unspecified atom stereocenters. The number of piperazine rings is 1. The molecule has 0 bridgehead atoms. The summed E-state index contributed by atoms with van der Waals surface area (Å²) in [6, 6.07) is 4.54. The van der Waals surface area contributed by atoms with Crippen molar-refractivity contribution in [2.24, 2.45) is 14.1 Å². The van der Waals surface area contributed by atoms with Gasteiger partial charge in [-0.05, 0) is 12.1 Å². The van der Waals surface area contributed by atoms with Crippen molar-refractivity contribution in [2.75, 3.05) is 26.2 Å². The lowest BCUT2D eigenvalue weighted by atomic mass is 10.3. The third-order valence-corrected chi connectivity index (χ3v) is 8.08. The number of aromatic nitrogens is 2. The topological polar surface area (TPSA) is 84.6 Å². The molecule has 1 fully saturated rings. The highest BCUT2D eigenvalue weighted by molar-refractivity contribution is 7.91. The Bertz CT molecular complexity index is 1030. The molecule has 2 aromatic heterocycles. The van der Waals surface area contributed by atoms with E-state index in [1.165, 1.54) is 28.1 Å². The number of thiophene rings is 1. The van der Waals surface area contributed by atoms with Gasteiger partial charge >= 0.3 is 5.69 Å². The summed E-state index contributed by atoms with van der Waals surface area (Å²) in [6.07, 6.45) is 0. The van der Waals surface area contributed by atoms with Gasteiger partial charge in [0.25, 0.3) is 15.6 Å². The van der Waals surface area contributed by atoms with Crippen LogP contribution in [0.4, 0.5) is 0 Å².